The predicted molar refractivity (Wildman–Crippen MR) is 87.2 cm³/mol. The fourth-order valence-electron chi connectivity index (χ4n) is 2.52. The van der Waals surface area contributed by atoms with E-state index >= 15 is 0 Å². The number of rotatable bonds is 5. The average Bonchev–Trinajstić information content (AvgIpc) is 2.65. The number of fused-ring (bicyclic) bond motifs is 1. The van der Waals surface area contributed by atoms with Crippen molar-refractivity contribution in [2.24, 2.45) is 5.92 Å². The van der Waals surface area contributed by atoms with Crippen LogP contribution in [-0.4, -0.2) is 6.54 Å². The molecule has 0 bridgehead atoms. The largest absolute Gasteiger partial charge is 0.312 e. The number of hydrogen-bond donors (Lipinski definition) is 1. The standard InChI is InChI=1S/C17H25NS/c1-11(2)9-18-10-16-17(12(3)4)14-8-13(5)6-7-15(14)19-16/h6-8,11-12,18H,9-10H2,1-5H3. The number of nitrogens with one attached hydrogen (secondary N) is 1. The van der Waals surface area contributed by atoms with E-state index in [2.05, 4.69) is 58.1 Å². The quantitative estimate of drug-likeness (QED) is 0.802. The number of thiophene rings is 1. The van der Waals surface area contributed by atoms with Gasteiger partial charge in [0, 0.05) is 16.1 Å². The molecule has 2 aromatic rings. The molecule has 1 aromatic heterocycles. The van der Waals surface area contributed by atoms with Gasteiger partial charge in [0.2, 0.25) is 0 Å². The summed E-state index contributed by atoms with van der Waals surface area (Å²) in [7, 11) is 0. The van der Waals surface area contributed by atoms with E-state index in [1.54, 1.807) is 5.56 Å². The number of hydrogen-bond acceptors (Lipinski definition) is 2. The lowest BCUT2D eigenvalue weighted by molar-refractivity contribution is 0.553. The van der Waals surface area contributed by atoms with E-state index in [0.717, 1.165) is 13.1 Å². The van der Waals surface area contributed by atoms with Gasteiger partial charge in [-0.2, -0.15) is 0 Å². The summed E-state index contributed by atoms with van der Waals surface area (Å²) in [5, 5.41) is 5.04. The zero-order valence-electron chi connectivity index (χ0n) is 12.7. The van der Waals surface area contributed by atoms with Crippen molar-refractivity contribution in [3.05, 3.63) is 34.2 Å². The Morgan fingerprint density at radius 1 is 1.16 bits per heavy atom. The van der Waals surface area contributed by atoms with Gasteiger partial charge >= 0.3 is 0 Å². The summed E-state index contributed by atoms with van der Waals surface area (Å²) in [5.41, 5.74) is 2.90. The van der Waals surface area contributed by atoms with Gasteiger partial charge in [0.15, 0.2) is 0 Å². The van der Waals surface area contributed by atoms with Crippen molar-refractivity contribution in [2.75, 3.05) is 6.54 Å². The normalized spacial score (nSPS) is 11.9. The summed E-state index contributed by atoms with van der Waals surface area (Å²) in [5.74, 6) is 1.30. The lowest BCUT2D eigenvalue weighted by Crippen LogP contribution is -2.19. The van der Waals surface area contributed by atoms with Crippen LogP contribution in [0.3, 0.4) is 0 Å². The molecule has 104 valence electrons. The maximum Gasteiger partial charge on any atom is 0.0349 e. The molecule has 2 rings (SSSR count). The minimum absolute atomic E-state index is 0.589. The fourth-order valence-corrected chi connectivity index (χ4v) is 3.83. The van der Waals surface area contributed by atoms with Crippen molar-refractivity contribution in [3.8, 4) is 0 Å². The van der Waals surface area contributed by atoms with Crippen LogP contribution in [0.2, 0.25) is 0 Å². The molecule has 0 aliphatic heterocycles. The Hall–Kier alpha value is -0.860. The minimum atomic E-state index is 0.589. The number of aryl methyl sites for hydroxylation is 1. The van der Waals surface area contributed by atoms with Crippen LogP contribution >= 0.6 is 11.3 Å². The van der Waals surface area contributed by atoms with Crippen LogP contribution in [0.4, 0.5) is 0 Å². The Kier molecular flexibility index (Phi) is 4.64. The van der Waals surface area contributed by atoms with Gasteiger partial charge in [-0.1, -0.05) is 45.4 Å². The summed E-state index contributed by atoms with van der Waals surface area (Å²) < 4.78 is 1.43. The van der Waals surface area contributed by atoms with Crippen LogP contribution in [-0.2, 0) is 6.54 Å². The van der Waals surface area contributed by atoms with E-state index in [9.17, 15) is 0 Å². The van der Waals surface area contributed by atoms with Gasteiger partial charge < -0.3 is 5.32 Å². The van der Waals surface area contributed by atoms with Crippen LogP contribution in [0.15, 0.2) is 18.2 Å². The van der Waals surface area contributed by atoms with Gasteiger partial charge in [-0.05, 0) is 42.3 Å². The van der Waals surface area contributed by atoms with Crippen molar-refractivity contribution in [1.82, 2.24) is 5.32 Å². The Morgan fingerprint density at radius 2 is 1.89 bits per heavy atom. The summed E-state index contributed by atoms with van der Waals surface area (Å²) in [6, 6.07) is 6.83. The van der Waals surface area contributed by atoms with Crippen molar-refractivity contribution < 1.29 is 0 Å². The maximum atomic E-state index is 3.58. The first-order valence-electron chi connectivity index (χ1n) is 7.21. The zero-order chi connectivity index (χ0) is 14.0. The fraction of sp³-hybridized carbons (Fsp3) is 0.529. The summed E-state index contributed by atoms with van der Waals surface area (Å²) in [6.07, 6.45) is 0. The lowest BCUT2D eigenvalue weighted by atomic mass is 9.98. The van der Waals surface area contributed by atoms with Crippen LogP contribution < -0.4 is 5.32 Å². The molecule has 0 atom stereocenters. The van der Waals surface area contributed by atoms with E-state index in [4.69, 9.17) is 0 Å². The van der Waals surface area contributed by atoms with E-state index in [1.165, 1.54) is 20.5 Å². The highest BCUT2D eigenvalue weighted by atomic mass is 32.1. The van der Waals surface area contributed by atoms with E-state index < -0.39 is 0 Å². The number of benzene rings is 1. The predicted octanol–water partition coefficient (Wildman–Crippen LogP) is 5.08. The molecular weight excluding hydrogens is 250 g/mol. The van der Waals surface area contributed by atoms with Crippen molar-refractivity contribution >= 4 is 21.4 Å². The summed E-state index contributed by atoms with van der Waals surface area (Å²) in [4.78, 5) is 1.51. The van der Waals surface area contributed by atoms with Crippen LogP contribution in [0.5, 0.6) is 0 Å². The second-order valence-corrected chi connectivity index (χ2v) is 7.25. The second kappa shape index (κ2) is 6.06. The molecule has 0 radical (unpaired) electrons. The van der Waals surface area contributed by atoms with Crippen LogP contribution in [0.1, 0.15) is 49.6 Å². The first-order chi connectivity index (χ1) is 8.99. The Bertz CT molecular complexity index is 552. The molecule has 0 aliphatic rings. The third-order valence-electron chi connectivity index (χ3n) is 3.37. The molecular formula is C17H25NS. The van der Waals surface area contributed by atoms with Crippen LogP contribution in [0, 0.1) is 12.8 Å². The summed E-state index contributed by atoms with van der Waals surface area (Å²) >= 11 is 1.95. The monoisotopic (exact) mass is 275 g/mol. The third-order valence-corrected chi connectivity index (χ3v) is 4.56. The molecule has 0 spiro atoms. The topological polar surface area (TPSA) is 12.0 Å². The SMILES string of the molecule is Cc1ccc2sc(CNCC(C)C)c(C(C)C)c2c1. The van der Waals surface area contributed by atoms with E-state index in [-0.39, 0.29) is 0 Å². The smallest absolute Gasteiger partial charge is 0.0349 e. The molecule has 1 N–H and O–H groups in total. The van der Waals surface area contributed by atoms with Crippen molar-refractivity contribution in [2.45, 2.75) is 47.1 Å². The molecule has 0 amide bonds. The Balaban J connectivity index is 2.34. The van der Waals surface area contributed by atoms with Gasteiger partial charge in [0.1, 0.15) is 0 Å². The first kappa shape index (κ1) is 14.5. The third kappa shape index (κ3) is 3.37. The molecule has 0 saturated heterocycles. The molecule has 2 heteroatoms. The molecule has 1 heterocycles. The molecule has 19 heavy (non-hydrogen) atoms. The Labute approximate surface area is 121 Å². The van der Waals surface area contributed by atoms with Crippen molar-refractivity contribution in [1.29, 1.82) is 0 Å². The molecule has 0 aliphatic carbocycles. The highest BCUT2D eigenvalue weighted by Crippen LogP contribution is 2.36. The Morgan fingerprint density at radius 3 is 2.53 bits per heavy atom. The van der Waals surface area contributed by atoms with Gasteiger partial charge in [-0.15, -0.1) is 11.3 Å². The van der Waals surface area contributed by atoms with E-state index in [1.807, 2.05) is 11.3 Å². The van der Waals surface area contributed by atoms with Gasteiger partial charge in [-0.25, -0.2) is 0 Å². The minimum Gasteiger partial charge on any atom is -0.312 e. The molecule has 1 nitrogen and oxygen atoms in total. The molecule has 0 unspecified atom stereocenters. The highest BCUT2D eigenvalue weighted by molar-refractivity contribution is 7.19. The molecule has 1 aromatic carbocycles. The van der Waals surface area contributed by atoms with Crippen LogP contribution in [0.25, 0.3) is 10.1 Å². The van der Waals surface area contributed by atoms with Gasteiger partial charge in [0.05, 0.1) is 0 Å². The van der Waals surface area contributed by atoms with E-state index in [0.29, 0.717) is 11.8 Å². The van der Waals surface area contributed by atoms with Gasteiger partial charge in [0.25, 0.3) is 0 Å². The van der Waals surface area contributed by atoms with Crippen molar-refractivity contribution in [3.63, 3.8) is 0 Å². The highest BCUT2D eigenvalue weighted by Gasteiger charge is 2.14. The second-order valence-electron chi connectivity index (χ2n) is 6.12. The summed E-state index contributed by atoms with van der Waals surface area (Å²) in [6.45, 7) is 13.4. The molecule has 0 saturated carbocycles. The van der Waals surface area contributed by atoms with Gasteiger partial charge in [-0.3, -0.25) is 0 Å². The maximum absolute atomic E-state index is 3.58. The molecule has 0 fully saturated rings. The first-order valence-corrected chi connectivity index (χ1v) is 8.03. The lowest BCUT2D eigenvalue weighted by Gasteiger charge is -2.11. The average molecular weight is 275 g/mol. The zero-order valence-corrected chi connectivity index (χ0v) is 13.5.